The molecule has 0 bridgehead atoms. The van der Waals surface area contributed by atoms with Gasteiger partial charge in [0.1, 0.15) is 11.3 Å². The van der Waals surface area contributed by atoms with Gasteiger partial charge in [-0.25, -0.2) is 14.8 Å². The molecule has 0 aliphatic rings. The normalized spacial score (nSPS) is 10.0. The van der Waals surface area contributed by atoms with E-state index in [9.17, 15) is 4.79 Å². The zero-order valence-electron chi connectivity index (χ0n) is 7.01. The van der Waals surface area contributed by atoms with Gasteiger partial charge in [0, 0.05) is 12.4 Å². The number of H-pyrrole nitrogens is 1. The summed E-state index contributed by atoms with van der Waals surface area (Å²) in [4.78, 5) is 18.6. The molecule has 0 spiro atoms. The van der Waals surface area contributed by atoms with Gasteiger partial charge in [-0.2, -0.15) is 5.10 Å². The largest absolute Gasteiger partial charge is 0.478 e. The Bertz CT molecular complexity index is 451. The van der Waals surface area contributed by atoms with Crippen molar-refractivity contribution in [3.63, 3.8) is 0 Å². The van der Waals surface area contributed by atoms with Crippen LogP contribution in [0, 0.1) is 0 Å². The second kappa shape index (κ2) is 3.25. The van der Waals surface area contributed by atoms with Crippen molar-refractivity contribution in [1.29, 1.82) is 0 Å². The van der Waals surface area contributed by atoms with E-state index in [0.717, 1.165) is 0 Å². The molecule has 0 saturated heterocycles. The Labute approximate surface area is 78.6 Å². The van der Waals surface area contributed by atoms with Crippen molar-refractivity contribution in [3.05, 3.63) is 30.2 Å². The fourth-order valence-corrected chi connectivity index (χ4v) is 1.05. The Morgan fingerprint density at radius 2 is 2.07 bits per heavy atom. The Morgan fingerprint density at radius 1 is 1.36 bits per heavy atom. The Kier molecular flexibility index (Phi) is 1.94. The minimum Gasteiger partial charge on any atom is -0.478 e. The first kappa shape index (κ1) is 8.36. The van der Waals surface area contributed by atoms with E-state index in [1.807, 2.05) is 0 Å². The van der Waals surface area contributed by atoms with E-state index in [4.69, 9.17) is 5.11 Å². The van der Waals surface area contributed by atoms with Crippen LogP contribution < -0.4 is 0 Å². The summed E-state index contributed by atoms with van der Waals surface area (Å²) in [6.45, 7) is 0. The Balaban J connectivity index is 2.52. The maximum absolute atomic E-state index is 10.7. The molecule has 2 heterocycles. The Morgan fingerprint density at radius 3 is 2.71 bits per heavy atom. The monoisotopic (exact) mass is 190 g/mol. The van der Waals surface area contributed by atoms with E-state index >= 15 is 0 Å². The molecule has 2 N–H and O–H groups in total. The number of carboxylic acid groups (broad SMARTS) is 1. The second-order valence-electron chi connectivity index (χ2n) is 2.54. The summed E-state index contributed by atoms with van der Waals surface area (Å²) in [5.74, 6) is -0.733. The van der Waals surface area contributed by atoms with E-state index in [1.165, 1.54) is 18.6 Å². The molecule has 2 aromatic heterocycles. The number of carbonyl (C=O) groups is 1. The molecule has 70 valence electrons. The molecular formula is C8H6N4O2. The molecule has 2 rings (SSSR count). The lowest BCUT2D eigenvalue weighted by Gasteiger charge is -1.95. The molecule has 0 unspecified atom stereocenters. The molecule has 0 aliphatic carbocycles. The van der Waals surface area contributed by atoms with Gasteiger partial charge in [-0.3, -0.25) is 5.10 Å². The highest BCUT2D eigenvalue weighted by Crippen LogP contribution is 2.15. The molecule has 0 fully saturated rings. The predicted molar refractivity (Wildman–Crippen MR) is 46.6 cm³/mol. The minimum atomic E-state index is -1.05. The van der Waals surface area contributed by atoms with Crippen LogP contribution in [0.4, 0.5) is 0 Å². The number of carboxylic acids is 1. The SMILES string of the molecule is O=C(O)c1cn[nH]c1-c1ncccn1. The lowest BCUT2D eigenvalue weighted by molar-refractivity contribution is 0.0697. The molecule has 0 amide bonds. The number of rotatable bonds is 2. The van der Waals surface area contributed by atoms with Gasteiger partial charge >= 0.3 is 5.97 Å². The molecule has 0 saturated carbocycles. The maximum Gasteiger partial charge on any atom is 0.339 e. The molecule has 0 radical (unpaired) electrons. The van der Waals surface area contributed by atoms with Crippen LogP contribution >= 0.6 is 0 Å². The number of nitrogens with one attached hydrogen (secondary N) is 1. The van der Waals surface area contributed by atoms with Gasteiger partial charge in [-0.1, -0.05) is 0 Å². The average Bonchev–Trinajstić information content (AvgIpc) is 2.67. The molecule has 0 atom stereocenters. The van der Waals surface area contributed by atoms with E-state index < -0.39 is 5.97 Å². The highest BCUT2D eigenvalue weighted by molar-refractivity contribution is 5.93. The first-order valence-corrected chi connectivity index (χ1v) is 3.83. The average molecular weight is 190 g/mol. The van der Waals surface area contributed by atoms with Gasteiger partial charge in [0.25, 0.3) is 0 Å². The predicted octanol–water partition coefficient (Wildman–Crippen LogP) is 0.565. The van der Waals surface area contributed by atoms with E-state index in [-0.39, 0.29) is 5.56 Å². The maximum atomic E-state index is 10.7. The van der Waals surface area contributed by atoms with Gasteiger partial charge in [0.2, 0.25) is 0 Å². The van der Waals surface area contributed by atoms with Gasteiger partial charge in [0.05, 0.1) is 6.20 Å². The van der Waals surface area contributed by atoms with Crippen LogP contribution in [-0.4, -0.2) is 31.2 Å². The fourth-order valence-electron chi connectivity index (χ4n) is 1.05. The third-order valence-corrected chi connectivity index (χ3v) is 1.66. The second-order valence-corrected chi connectivity index (χ2v) is 2.54. The van der Waals surface area contributed by atoms with Gasteiger partial charge in [-0.05, 0) is 6.07 Å². The number of aromatic amines is 1. The summed E-state index contributed by atoms with van der Waals surface area (Å²) in [6, 6.07) is 1.65. The molecule has 0 aliphatic heterocycles. The summed E-state index contributed by atoms with van der Waals surface area (Å²) >= 11 is 0. The van der Waals surface area contributed by atoms with Crippen LogP contribution in [-0.2, 0) is 0 Å². The van der Waals surface area contributed by atoms with Crippen LogP contribution in [0.15, 0.2) is 24.7 Å². The molecular weight excluding hydrogens is 184 g/mol. The number of hydrogen-bond donors (Lipinski definition) is 2. The van der Waals surface area contributed by atoms with Crippen molar-refractivity contribution in [1.82, 2.24) is 20.2 Å². The zero-order chi connectivity index (χ0) is 9.97. The van der Waals surface area contributed by atoms with Crippen LogP contribution in [0.1, 0.15) is 10.4 Å². The lowest BCUT2D eigenvalue weighted by Crippen LogP contribution is -1.98. The van der Waals surface area contributed by atoms with Crippen molar-refractivity contribution < 1.29 is 9.90 Å². The highest BCUT2D eigenvalue weighted by atomic mass is 16.4. The van der Waals surface area contributed by atoms with Crippen molar-refractivity contribution in [2.24, 2.45) is 0 Å². The number of aromatic nitrogens is 4. The van der Waals surface area contributed by atoms with E-state index in [0.29, 0.717) is 11.5 Å². The minimum absolute atomic E-state index is 0.0659. The zero-order valence-corrected chi connectivity index (χ0v) is 7.01. The Hall–Kier alpha value is -2.24. The van der Waals surface area contributed by atoms with Gasteiger partial charge in [0.15, 0.2) is 5.82 Å². The van der Waals surface area contributed by atoms with Crippen molar-refractivity contribution in [2.45, 2.75) is 0 Å². The smallest absolute Gasteiger partial charge is 0.339 e. The lowest BCUT2D eigenvalue weighted by atomic mass is 10.2. The molecule has 14 heavy (non-hydrogen) atoms. The summed E-state index contributed by atoms with van der Waals surface area (Å²) < 4.78 is 0. The standard InChI is InChI=1S/C8H6N4O2/c13-8(14)5-4-11-12-6(5)7-9-2-1-3-10-7/h1-4H,(H,11,12)(H,13,14). The third-order valence-electron chi connectivity index (χ3n) is 1.66. The number of aromatic carboxylic acids is 1. The van der Waals surface area contributed by atoms with Crippen LogP contribution in [0.25, 0.3) is 11.5 Å². The third kappa shape index (κ3) is 1.33. The summed E-state index contributed by atoms with van der Waals surface area (Å²) in [7, 11) is 0. The topological polar surface area (TPSA) is 91.8 Å². The van der Waals surface area contributed by atoms with Crippen LogP contribution in [0.2, 0.25) is 0 Å². The molecule has 2 aromatic rings. The van der Waals surface area contributed by atoms with Crippen LogP contribution in [0.5, 0.6) is 0 Å². The van der Waals surface area contributed by atoms with Gasteiger partial charge in [-0.15, -0.1) is 0 Å². The summed E-state index contributed by atoms with van der Waals surface area (Å²) in [5.41, 5.74) is 0.384. The molecule has 6 nitrogen and oxygen atoms in total. The highest BCUT2D eigenvalue weighted by Gasteiger charge is 2.15. The van der Waals surface area contributed by atoms with Crippen LogP contribution in [0.3, 0.4) is 0 Å². The van der Waals surface area contributed by atoms with E-state index in [1.54, 1.807) is 6.07 Å². The fraction of sp³-hybridized carbons (Fsp3) is 0. The molecule has 0 aromatic carbocycles. The van der Waals surface area contributed by atoms with E-state index in [2.05, 4.69) is 20.2 Å². The van der Waals surface area contributed by atoms with Crippen molar-refractivity contribution in [3.8, 4) is 11.5 Å². The summed E-state index contributed by atoms with van der Waals surface area (Å²) in [5, 5.41) is 15.0. The van der Waals surface area contributed by atoms with Gasteiger partial charge < -0.3 is 5.11 Å². The first-order valence-electron chi connectivity index (χ1n) is 3.83. The van der Waals surface area contributed by atoms with Crippen molar-refractivity contribution >= 4 is 5.97 Å². The number of nitrogens with zero attached hydrogens (tertiary/aromatic N) is 3. The first-order chi connectivity index (χ1) is 6.79. The molecule has 6 heteroatoms. The van der Waals surface area contributed by atoms with Crippen molar-refractivity contribution in [2.75, 3.05) is 0 Å². The number of hydrogen-bond acceptors (Lipinski definition) is 4. The quantitative estimate of drug-likeness (QED) is 0.722. The summed E-state index contributed by atoms with van der Waals surface area (Å²) in [6.07, 6.45) is 4.30.